The summed E-state index contributed by atoms with van der Waals surface area (Å²) >= 11 is 0. The number of pyridine rings is 2. The van der Waals surface area contributed by atoms with Gasteiger partial charge in [0.2, 0.25) is 0 Å². The molecule has 0 atom stereocenters. The highest BCUT2D eigenvalue weighted by Gasteiger charge is 2.10. The lowest BCUT2D eigenvalue weighted by Crippen LogP contribution is -1.94. The number of nitrogens with zero attached hydrogens (tertiary/aromatic N) is 2. The molecule has 3 aromatic rings. The molecule has 2 heteroatoms. The molecular weight excluding hydrogens is 220 g/mol. The molecular formula is C16H16N2. The van der Waals surface area contributed by atoms with Gasteiger partial charge in [-0.2, -0.15) is 0 Å². The zero-order chi connectivity index (χ0) is 12.9. The molecule has 0 aliphatic heterocycles. The van der Waals surface area contributed by atoms with E-state index in [9.17, 15) is 0 Å². The molecule has 0 radical (unpaired) electrons. The maximum atomic E-state index is 4.58. The van der Waals surface area contributed by atoms with E-state index < -0.39 is 0 Å². The van der Waals surface area contributed by atoms with Gasteiger partial charge in [-0.3, -0.25) is 9.97 Å². The molecule has 2 nitrogen and oxygen atoms in total. The van der Waals surface area contributed by atoms with Crippen LogP contribution in [0, 0.1) is 27.7 Å². The largest absolute Gasteiger partial charge is 0.254 e. The van der Waals surface area contributed by atoms with Crippen LogP contribution in [-0.4, -0.2) is 9.97 Å². The van der Waals surface area contributed by atoms with E-state index in [1.54, 1.807) is 0 Å². The van der Waals surface area contributed by atoms with Crippen molar-refractivity contribution in [3.8, 4) is 0 Å². The van der Waals surface area contributed by atoms with Crippen LogP contribution in [0.5, 0.6) is 0 Å². The standard InChI is InChI=1S/C16H16N2/c1-9-5-13-11(3)12(4)14-6-10(2)8-18-16(14)15(13)17-7-9/h5-8H,1-4H3. The summed E-state index contributed by atoms with van der Waals surface area (Å²) in [5.74, 6) is 0. The summed E-state index contributed by atoms with van der Waals surface area (Å²) in [4.78, 5) is 9.16. The summed E-state index contributed by atoms with van der Waals surface area (Å²) in [6, 6.07) is 4.40. The van der Waals surface area contributed by atoms with E-state index in [0.29, 0.717) is 0 Å². The second-order valence-electron chi connectivity index (χ2n) is 5.07. The van der Waals surface area contributed by atoms with Crippen molar-refractivity contribution in [1.29, 1.82) is 0 Å². The van der Waals surface area contributed by atoms with Crippen molar-refractivity contribution in [2.75, 3.05) is 0 Å². The van der Waals surface area contributed by atoms with Gasteiger partial charge in [0, 0.05) is 23.2 Å². The number of hydrogen-bond donors (Lipinski definition) is 0. The number of rotatable bonds is 0. The summed E-state index contributed by atoms with van der Waals surface area (Å²) in [5, 5.41) is 2.44. The third-order valence-corrected chi connectivity index (χ3v) is 3.64. The first kappa shape index (κ1) is 11.1. The Morgan fingerprint density at radius 2 is 1.06 bits per heavy atom. The SMILES string of the molecule is Cc1cnc2c(c1)c(C)c(C)c1cc(C)cnc12. The average Bonchev–Trinajstić information content (AvgIpc) is 2.36. The Morgan fingerprint density at radius 3 is 1.44 bits per heavy atom. The smallest absolute Gasteiger partial charge is 0.0967 e. The Kier molecular flexibility index (Phi) is 2.34. The Bertz CT molecular complexity index is 706. The second-order valence-corrected chi connectivity index (χ2v) is 5.07. The van der Waals surface area contributed by atoms with Crippen molar-refractivity contribution < 1.29 is 0 Å². The van der Waals surface area contributed by atoms with E-state index in [2.05, 4.69) is 49.8 Å². The molecule has 0 spiro atoms. The van der Waals surface area contributed by atoms with Crippen LogP contribution in [0.1, 0.15) is 22.3 Å². The molecule has 0 aliphatic carbocycles. The maximum Gasteiger partial charge on any atom is 0.0967 e. The molecule has 0 amide bonds. The molecule has 3 rings (SSSR count). The highest BCUT2D eigenvalue weighted by molar-refractivity contribution is 6.06. The number of hydrogen-bond acceptors (Lipinski definition) is 2. The van der Waals surface area contributed by atoms with Crippen molar-refractivity contribution in [3.63, 3.8) is 0 Å². The van der Waals surface area contributed by atoms with E-state index in [-0.39, 0.29) is 0 Å². The van der Waals surface area contributed by atoms with Gasteiger partial charge < -0.3 is 0 Å². The van der Waals surface area contributed by atoms with Gasteiger partial charge >= 0.3 is 0 Å². The van der Waals surface area contributed by atoms with Gasteiger partial charge in [-0.05, 0) is 62.1 Å². The van der Waals surface area contributed by atoms with Crippen molar-refractivity contribution in [1.82, 2.24) is 9.97 Å². The number of aromatic nitrogens is 2. The summed E-state index contributed by atoms with van der Waals surface area (Å²) in [7, 11) is 0. The van der Waals surface area contributed by atoms with Gasteiger partial charge in [0.15, 0.2) is 0 Å². The molecule has 0 N–H and O–H groups in total. The molecule has 1 aromatic carbocycles. The predicted molar refractivity (Wildman–Crippen MR) is 76.0 cm³/mol. The van der Waals surface area contributed by atoms with Crippen LogP contribution >= 0.6 is 0 Å². The lowest BCUT2D eigenvalue weighted by atomic mass is 9.97. The second kappa shape index (κ2) is 3.77. The van der Waals surface area contributed by atoms with Crippen molar-refractivity contribution in [2.24, 2.45) is 0 Å². The number of benzene rings is 1. The molecule has 0 fully saturated rings. The third kappa shape index (κ3) is 1.49. The Morgan fingerprint density at radius 1 is 0.667 bits per heavy atom. The summed E-state index contributed by atoms with van der Waals surface area (Å²) in [6.07, 6.45) is 3.83. The van der Waals surface area contributed by atoms with Gasteiger partial charge in [0.1, 0.15) is 0 Å². The molecule has 2 heterocycles. The van der Waals surface area contributed by atoms with Gasteiger partial charge in [0.05, 0.1) is 11.0 Å². The van der Waals surface area contributed by atoms with Crippen LogP contribution in [0.25, 0.3) is 21.8 Å². The third-order valence-electron chi connectivity index (χ3n) is 3.64. The highest BCUT2D eigenvalue weighted by atomic mass is 14.7. The zero-order valence-electron chi connectivity index (χ0n) is 11.2. The molecule has 0 unspecified atom stereocenters. The molecule has 0 bridgehead atoms. The van der Waals surface area contributed by atoms with E-state index in [1.807, 2.05) is 12.4 Å². The molecule has 0 aliphatic rings. The van der Waals surface area contributed by atoms with Crippen LogP contribution in [0.3, 0.4) is 0 Å². The first-order valence-corrected chi connectivity index (χ1v) is 6.20. The molecule has 2 aromatic heterocycles. The number of aryl methyl sites for hydroxylation is 4. The summed E-state index contributed by atoms with van der Waals surface area (Å²) in [5.41, 5.74) is 7.02. The fraction of sp³-hybridized carbons (Fsp3) is 0.250. The predicted octanol–water partition coefficient (Wildman–Crippen LogP) is 4.02. The molecule has 0 saturated heterocycles. The fourth-order valence-electron chi connectivity index (χ4n) is 2.49. The van der Waals surface area contributed by atoms with Crippen LogP contribution in [-0.2, 0) is 0 Å². The van der Waals surface area contributed by atoms with Gasteiger partial charge in [-0.15, -0.1) is 0 Å². The highest BCUT2D eigenvalue weighted by Crippen LogP contribution is 2.30. The first-order chi connectivity index (χ1) is 8.58. The van der Waals surface area contributed by atoms with E-state index in [0.717, 1.165) is 11.0 Å². The minimum absolute atomic E-state index is 1.01. The van der Waals surface area contributed by atoms with E-state index in [1.165, 1.54) is 33.0 Å². The van der Waals surface area contributed by atoms with Crippen LogP contribution in [0.2, 0.25) is 0 Å². The topological polar surface area (TPSA) is 25.8 Å². The van der Waals surface area contributed by atoms with Crippen molar-refractivity contribution in [3.05, 3.63) is 46.8 Å². The quantitative estimate of drug-likeness (QED) is 0.551. The Hall–Kier alpha value is -1.96. The first-order valence-electron chi connectivity index (χ1n) is 6.20. The fourth-order valence-corrected chi connectivity index (χ4v) is 2.49. The summed E-state index contributed by atoms with van der Waals surface area (Å²) in [6.45, 7) is 8.49. The summed E-state index contributed by atoms with van der Waals surface area (Å²) < 4.78 is 0. The van der Waals surface area contributed by atoms with Crippen molar-refractivity contribution in [2.45, 2.75) is 27.7 Å². The monoisotopic (exact) mass is 236 g/mol. The normalized spacial score (nSPS) is 11.3. The van der Waals surface area contributed by atoms with Crippen LogP contribution in [0.4, 0.5) is 0 Å². The number of fused-ring (bicyclic) bond motifs is 3. The van der Waals surface area contributed by atoms with Crippen LogP contribution < -0.4 is 0 Å². The minimum atomic E-state index is 1.01. The van der Waals surface area contributed by atoms with Gasteiger partial charge in [0.25, 0.3) is 0 Å². The lowest BCUT2D eigenvalue weighted by Gasteiger charge is -2.11. The minimum Gasteiger partial charge on any atom is -0.254 e. The lowest BCUT2D eigenvalue weighted by molar-refractivity contribution is 1.28. The van der Waals surface area contributed by atoms with E-state index in [4.69, 9.17) is 0 Å². The zero-order valence-corrected chi connectivity index (χ0v) is 11.2. The maximum absolute atomic E-state index is 4.58. The average molecular weight is 236 g/mol. The van der Waals surface area contributed by atoms with Crippen molar-refractivity contribution >= 4 is 21.8 Å². The Balaban J connectivity index is 2.62. The molecule has 18 heavy (non-hydrogen) atoms. The van der Waals surface area contributed by atoms with Gasteiger partial charge in [-0.1, -0.05) is 0 Å². The molecule has 0 saturated carbocycles. The van der Waals surface area contributed by atoms with Gasteiger partial charge in [-0.25, -0.2) is 0 Å². The molecule has 90 valence electrons. The van der Waals surface area contributed by atoms with Crippen LogP contribution in [0.15, 0.2) is 24.5 Å². The van der Waals surface area contributed by atoms with E-state index >= 15 is 0 Å². The Labute approximate surface area is 107 Å².